The zero-order chi connectivity index (χ0) is 17.1. The molecule has 1 aromatic carbocycles. The summed E-state index contributed by atoms with van der Waals surface area (Å²) in [5.74, 6) is -2.63. The van der Waals surface area contributed by atoms with Gasteiger partial charge in [0.1, 0.15) is 5.56 Å². The Balaban J connectivity index is 3.01. The van der Waals surface area contributed by atoms with Crippen LogP contribution in [0.2, 0.25) is 5.02 Å². The van der Waals surface area contributed by atoms with Crippen LogP contribution < -0.4 is 0 Å². The molecule has 0 aliphatic carbocycles. The summed E-state index contributed by atoms with van der Waals surface area (Å²) in [7, 11) is 3.40. The van der Waals surface area contributed by atoms with Crippen molar-refractivity contribution in [2.75, 3.05) is 21.3 Å². The van der Waals surface area contributed by atoms with E-state index in [2.05, 4.69) is 14.5 Å². The van der Waals surface area contributed by atoms with Crippen molar-refractivity contribution in [1.29, 1.82) is 0 Å². The Labute approximate surface area is 136 Å². The smallest absolute Gasteiger partial charge is 0.357 e. The lowest BCUT2D eigenvalue weighted by atomic mass is 10.00. The molecule has 120 valence electrons. The van der Waals surface area contributed by atoms with Gasteiger partial charge in [0, 0.05) is 10.4 Å². The Bertz CT molecular complexity index is 817. The highest BCUT2D eigenvalue weighted by atomic mass is 35.5. The molecule has 8 heteroatoms. The predicted molar refractivity (Wildman–Crippen MR) is 80.8 cm³/mol. The summed E-state index contributed by atoms with van der Waals surface area (Å²) in [6.07, 6.45) is 0. The summed E-state index contributed by atoms with van der Waals surface area (Å²) in [6, 6.07) is 4.50. The third kappa shape index (κ3) is 2.95. The average molecular weight is 338 g/mol. The van der Waals surface area contributed by atoms with E-state index in [1.165, 1.54) is 18.2 Å². The molecule has 0 N–H and O–H groups in total. The number of rotatable bonds is 3. The molecule has 23 heavy (non-hydrogen) atoms. The number of hydrogen-bond acceptors (Lipinski definition) is 7. The monoisotopic (exact) mass is 337 g/mol. The van der Waals surface area contributed by atoms with Crippen molar-refractivity contribution in [1.82, 2.24) is 4.98 Å². The molecule has 0 aliphatic heterocycles. The first kappa shape index (κ1) is 16.7. The second-order valence-electron chi connectivity index (χ2n) is 4.35. The van der Waals surface area contributed by atoms with Gasteiger partial charge < -0.3 is 14.2 Å². The summed E-state index contributed by atoms with van der Waals surface area (Å²) < 4.78 is 14.0. The van der Waals surface area contributed by atoms with Crippen molar-refractivity contribution in [3.05, 3.63) is 40.0 Å². The maximum atomic E-state index is 12.2. The highest BCUT2D eigenvalue weighted by Crippen LogP contribution is 2.28. The van der Waals surface area contributed by atoms with Crippen molar-refractivity contribution in [3.63, 3.8) is 0 Å². The molecule has 0 amide bonds. The Morgan fingerprint density at radius 1 is 0.913 bits per heavy atom. The third-order valence-electron chi connectivity index (χ3n) is 3.10. The number of aromatic nitrogens is 1. The summed E-state index contributed by atoms with van der Waals surface area (Å²) >= 11 is 5.95. The van der Waals surface area contributed by atoms with Gasteiger partial charge in [-0.1, -0.05) is 11.6 Å². The van der Waals surface area contributed by atoms with E-state index in [-0.39, 0.29) is 27.7 Å². The van der Waals surface area contributed by atoms with Gasteiger partial charge >= 0.3 is 17.9 Å². The van der Waals surface area contributed by atoms with Crippen LogP contribution in [0.15, 0.2) is 18.2 Å². The van der Waals surface area contributed by atoms with Crippen LogP contribution in [0.1, 0.15) is 31.2 Å². The van der Waals surface area contributed by atoms with Crippen molar-refractivity contribution in [3.8, 4) is 0 Å². The normalized spacial score (nSPS) is 10.3. The Morgan fingerprint density at radius 2 is 1.48 bits per heavy atom. The molecule has 0 aliphatic rings. The first-order valence-corrected chi connectivity index (χ1v) is 6.70. The fourth-order valence-electron chi connectivity index (χ4n) is 2.09. The van der Waals surface area contributed by atoms with E-state index in [1.807, 2.05) is 0 Å². The Kier molecular flexibility index (Phi) is 4.80. The van der Waals surface area contributed by atoms with E-state index in [4.69, 9.17) is 16.3 Å². The molecule has 1 aromatic heterocycles. The number of methoxy groups -OCH3 is 3. The molecule has 0 fully saturated rings. The standard InChI is InChI=1S/C15H12ClNO6/c1-21-13(18)10-8-6-7(16)4-5-9(8)17-12(15(20)23-3)11(10)14(19)22-2/h4-6H,1-3H3. The SMILES string of the molecule is COC(=O)c1nc2ccc(Cl)cc2c(C(=O)OC)c1C(=O)OC. The molecule has 2 aromatic rings. The first-order valence-electron chi connectivity index (χ1n) is 6.32. The molecule has 0 unspecified atom stereocenters. The van der Waals surface area contributed by atoms with Gasteiger partial charge in [-0.2, -0.15) is 0 Å². The second-order valence-corrected chi connectivity index (χ2v) is 4.78. The Hall–Kier alpha value is -2.67. The number of nitrogens with zero attached hydrogens (tertiary/aromatic N) is 1. The van der Waals surface area contributed by atoms with Crippen LogP contribution in [0.4, 0.5) is 0 Å². The van der Waals surface area contributed by atoms with Crippen LogP contribution in [0, 0.1) is 0 Å². The number of carbonyl (C=O) groups is 3. The molecule has 0 radical (unpaired) electrons. The number of hydrogen-bond donors (Lipinski definition) is 0. The van der Waals surface area contributed by atoms with Gasteiger partial charge in [0.2, 0.25) is 0 Å². The molecule has 0 saturated heterocycles. The Morgan fingerprint density at radius 3 is 2.04 bits per heavy atom. The predicted octanol–water partition coefficient (Wildman–Crippen LogP) is 2.25. The zero-order valence-electron chi connectivity index (χ0n) is 12.5. The van der Waals surface area contributed by atoms with E-state index in [0.717, 1.165) is 21.3 Å². The fraction of sp³-hybridized carbons (Fsp3) is 0.200. The number of pyridine rings is 1. The second kappa shape index (κ2) is 6.62. The van der Waals surface area contributed by atoms with Crippen LogP contribution in [-0.2, 0) is 14.2 Å². The van der Waals surface area contributed by atoms with Crippen LogP contribution >= 0.6 is 11.6 Å². The molecular formula is C15H12ClNO6. The molecule has 2 rings (SSSR count). The van der Waals surface area contributed by atoms with Crippen LogP contribution in [0.25, 0.3) is 10.9 Å². The average Bonchev–Trinajstić information content (AvgIpc) is 2.57. The van der Waals surface area contributed by atoms with Gasteiger partial charge in [-0.3, -0.25) is 0 Å². The van der Waals surface area contributed by atoms with E-state index in [0.29, 0.717) is 5.02 Å². The molecule has 0 bridgehead atoms. The van der Waals surface area contributed by atoms with Gasteiger partial charge in [-0.15, -0.1) is 0 Å². The molecule has 0 atom stereocenters. The zero-order valence-corrected chi connectivity index (χ0v) is 13.3. The van der Waals surface area contributed by atoms with E-state index < -0.39 is 17.9 Å². The van der Waals surface area contributed by atoms with Gasteiger partial charge in [0.25, 0.3) is 0 Å². The number of ether oxygens (including phenoxy) is 3. The van der Waals surface area contributed by atoms with Crippen LogP contribution in [-0.4, -0.2) is 44.2 Å². The molecule has 0 saturated carbocycles. The maximum absolute atomic E-state index is 12.2. The van der Waals surface area contributed by atoms with Gasteiger partial charge in [-0.25, -0.2) is 19.4 Å². The highest BCUT2D eigenvalue weighted by Gasteiger charge is 2.30. The third-order valence-corrected chi connectivity index (χ3v) is 3.34. The molecule has 0 spiro atoms. The summed E-state index contributed by atoms with van der Waals surface area (Å²) in [6.45, 7) is 0. The fourth-order valence-corrected chi connectivity index (χ4v) is 2.27. The lowest BCUT2D eigenvalue weighted by Gasteiger charge is -2.13. The van der Waals surface area contributed by atoms with Crippen molar-refractivity contribution < 1.29 is 28.6 Å². The number of halogens is 1. The number of benzene rings is 1. The van der Waals surface area contributed by atoms with Crippen LogP contribution in [0.3, 0.4) is 0 Å². The number of esters is 3. The van der Waals surface area contributed by atoms with Crippen LogP contribution in [0.5, 0.6) is 0 Å². The maximum Gasteiger partial charge on any atom is 0.357 e. The summed E-state index contributed by atoms with van der Waals surface area (Å²) in [5.41, 5.74) is -0.550. The lowest BCUT2D eigenvalue weighted by Crippen LogP contribution is -2.20. The molecule has 1 heterocycles. The van der Waals surface area contributed by atoms with E-state index >= 15 is 0 Å². The van der Waals surface area contributed by atoms with E-state index in [9.17, 15) is 14.4 Å². The topological polar surface area (TPSA) is 91.8 Å². The quantitative estimate of drug-likeness (QED) is 0.626. The molecule has 7 nitrogen and oxygen atoms in total. The molecular weight excluding hydrogens is 326 g/mol. The minimum absolute atomic E-state index is 0.160. The van der Waals surface area contributed by atoms with Gasteiger partial charge in [0.15, 0.2) is 5.69 Å². The van der Waals surface area contributed by atoms with Crippen molar-refractivity contribution >= 4 is 40.4 Å². The lowest BCUT2D eigenvalue weighted by molar-refractivity contribution is 0.0533. The summed E-state index contributed by atoms with van der Waals surface area (Å²) in [5, 5.41) is 0.587. The highest BCUT2D eigenvalue weighted by molar-refractivity contribution is 6.31. The van der Waals surface area contributed by atoms with E-state index in [1.54, 1.807) is 0 Å². The van der Waals surface area contributed by atoms with Gasteiger partial charge in [0.05, 0.1) is 32.4 Å². The largest absolute Gasteiger partial charge is 0.465 e. The summed E-state index contributed by atoms with van der Waals surface area (Å²) in [4.78, 5) is 40.4. The van der Waals surface area contributed by atoms with Gasteiger partial charge in [-0.05, 0) is 18.2 Å². The van der Waals surface area contributed by atoms with Crippen molar-refractivity contribution in [2.45, 2.75) is 0 Å². The first-order chi connectivity index (χ1) is 10.9. The number of fused-ring (bicyclic) bond motifs is 1. The minimum Gasteiger partial charge on any atom is -0.465 e. The van der Waals surface area contributed by atoms with Crippen molar-refractivity contribution in [2.24, 2.45) is 0 Å². The minimum atomic E-state index is -0.917. The number of carbonyl (C=O) groups excluding carboxylic acids is 3.